The molecule has 0 aliphatic rings. The van der Waals surface area contributed by atoms with E-state index in [1.807, 2.05) is 0 Å². The highest BCUT2D eigenvalue weighted by atomic mass is 127. The topological polar surface area (TPSA) is 217 Å². The van der Waals surface area contributed by atoms with Crippen LogP contribution in [0.1, 0.15) is 37.7 Å². The summed E-state index contributed by atoms with van der Waals surface area (Å²) < 4.78 is 23.6. The molecule has 0 unspecified atom stereocenters. The number of aliphatic carboxylic acids is 2. The van der Waals surface area contributed by atoms with Crippen LogP contribution in [0.5, 0.6) is 0 Å². The number of anilines is 1. The van der Waals surface area contributed by atoms with Gasteiger partial charge in [0.25, 0.3) is 0 Å². The first-order valence-electron chi connectivity index (χ1n) is 12.7. The molecule has 0 radical (unpaired) electrons. The Hall–Kier alpha value is -3.35. The van der Waals surface area contributed by atoms with Crippen molar-refractivity contribution in [3.63, 3.8) is 0 Å². The van der Waals surface area contributed by atoms with Crippen molar-refractivity contribution in [2.45, 2.75) is 55.5 Å². The molecule has 0 aliphatic heterocycles. The summed E-state index contributed by atoms with van der Waals surface area (Å²) in [5, 5.41) is 34.1. The van der Waals surface area contributed by atoms with Crippen LogP contribution in [0.3, 0.4) is 0 Å². The molecule has 0 fully saturated rings. The van der Waals surface area contributed by atoms with Crippen molar-refractivity contribution in [2.24, 2.45) is 5.14 Å². The fourth-order valence-corrected chi connectivity index (χ4v) is 4.80. The minimum atomic E-state index is -3.78. The number of carboxylic acid groups (broad SMARTS) is 2. The Labute approximate surface area is 262 Å². The summed E-state index contributed by atoms with van der Waals surface area (Å²) in [6.45, 7) is 0.447. The Morgan fingerprint density at radius 3 is 2.10 bits per heavy atom. The van der Waals surface area contributed by atoms with Crippen LogP contribution in [0.4, 0.5) is 10.5 Å². The van der Waals surface area contributed by atoms with Crippen LogP contribution in [0.2, 0.25) is 0 Å². The van der Waals surface area contributed by atoms with Gasteiger partial charge in [-0.25, -0.2) is 23.1 Å². The van der Waals surface area contributed by atoms with Crippen molar-refractivity contribution in [3.8, 4) is 0 Å². The van der Waals surface area contributed by atoms with Gasteiger partial charge in [0.05, 0.1) is 9.88 Å². The van der Waals surface area contributed by atoms with Crippen molar-refractivity contribution in [1.29, 1.82) is 0 Å². The van der Waals surface area contributed by atoms with Crippen molar-refractivity contribution >= 4 is 79.4 Å². The number of sulfonamides is 1. The smallest absolute Gasteiger partial charge is 0.326 e. The number of primary sulfonamides is 1. The lowest BCUT2D eigenvalue weighted by Crippen LogP contribution is -2.52. The minimum Gasteiger partial charge on any atom is -0.481 e. The maximum Gasteiger partial charge on any atom is 0.326 e. The van der Waals surface area contributed by atoms with Gasteiger partial charge < -0.3 is 31.5 Å². The van der Waals surface area contributed by atoms with E-state index >= 15 is 0 Å². The molecule has 42 heavy (non-hydrogen) atoms. The largest absolute Gasteiger partial charge is 0.481 e. The molecule has 228 valence electrons. The molecule has 0 spiro atoms. The number of urea groups is 1. The van der Waals surface area contributed by atoms with Crippen LogP contribution in [0.15, 0.2) is 53.4 Å². The number of nitrogens with two attached hydrogens (primary N) is 1. The predicted octanol–water partition coefficient (Wildman–Crippen LogP) is 2.19. The Bertz CT molecular complexity index is 1370. The Morgan fingerprint density at radius 1 is 0.905 bits per heavy atom. The maximum absolute atomic E-state index is 12.7. The summed E-state index contributed by atoms with van der Waals surface area (Å²) in [4.78, 5) is 48.6. The zero-order valence-corrected chi connectivity index (χ0v) is 26.1. The molecule has 13 nitrogen and oxygen atoms in total. The second kappa shape index (κ2) is 16.9. The molecule has 0 saturated heterocycles. The first-order chi connectivity index (χ1) is 19.7. The highest BCUT2D eigenvalue weighted by molar-refractivity contribution is 14.1. The SMILES string of the molecule is NS(=O)(=O)c1ccc(CC(=S)NCCCC[C@H](NC(=O)N[C@@H](CCC(=O)O)C(=O)Nc2ccc(I)cc2)C(=O)O)cc1. The van der Waals surface area contributed by atoms with E-state index in [2.05, 4.69) is 43.9 Å². The molecule has 0 aliphatic carbocycles. The lowest BCUT2D eigenvalue weighted by atomic mass is 10.1. The summed E-state index contributed by atoms with van der Waals surface area (Å²) in [5.74, 6) is -3.05. The first-order valence-corrected chi connectivity index (χ1v) is 15.7. The number of hydrogen-bond donors (Lipinski definition) is 7. The highest BCUT2D eigenvalue weighted by Gasteiger charge is 2.25. The van der Waals surface area contributed by atoms with Crippen LogP contribution in [-0.4, -0.2) is 66.1 Å². The molecule has 3 amide bonds. The summed E-state index contributed by atoms with van der Waals surface area (Å²) in [7, 11) is -3.78. The fraction of sp³-hybridized carbons (Fsp3) is 0.346. The van der Waals surface area contributed by atoms with E-state index in [9.17, 15) is 32.7 Å². The number of nitrogens with one attached hydrogen (secondary N) is 4. The normalized spacial score (nSPS) is 12.4. The third-order valence-corrected chi connectivity index (χ3v) is 7.78. The van der Waals surface area contributed by atoms with E-state index in [0.717, 1.165) is 9.13 Å². The summed E-state index contributed by atoms with van der Waals surface area (Å²) in [6.07, 6.45) is 0.853. The molecule has 0 bridgehead atoms. The van der Waals surface area contributed by atoms with Crippen molar-refractivity contribution in [2.75, 3.05) is 11.9 Å². The summed E-state index contributed by atoms with van der Waals surface area (Å²) >= 11 is 7.40. The van der Waals surface area contributed by atoms with Gasteiger partial charge in [0.2, 0.25) is 15.9 Å². The van der Waals surface area contributed by atoms with Crippen LogP contribution < -0.4 is 26.4 Å². The number of rotatable bonds is 16. The van der Waals surface area contributed by atoms with Crippen LogP contribution in [0, 0.1) is 3.57 Å². The van der Waals surface area contributed by atoms with Gasteiger partial charge in [0, 0.05) is 28.6 Å². The standard InChI is InChI=1S/C26H32IN5O8S2/c27-17-6-8-18(9-7-17)30-24(35)20(12-13-23(33)34)31-26(38)32-21(25(36)37)3-1-2-14-29-22(41)15-16-4-10-19(11-5-16)42(28,39)40/h4-11,20-21H,1-3,12-15H2,(H,29,41)(H,30,35)(H,33,34)(H,36,37)(H2,28,39,40)(H2,31,32,38)/t20-,21-/m0/s1. The molecule has 2 rings (SSSR count). The molecule has 2 aromatic carbocycles. The number of thiocarbonyl (C=S) groups is 1. The highest BCUT2D eigenvalue weighted by Crippen LogP contribution is 2.13. The van der Waals surface area contributed by atoms with Gasteiger partial charge in [-0.1, -0.05) is 24.4 Å². The second-order valence-corrected chi connectivity index (χ2v) is 12.5. The Balaban J connectivity index is 1.81. The first kappa shape index (κ1) is 34.8. The second-order valence-electron chi connectivity index (χ2n) is 9.20. The van der Waals surface area contributed by atoms with E-state index in [4.69, 9.17) is 22.5 Å². The molecule has 8 N–H and O–H groups in total. The van der Waals surface area contributed by atoms with Crippen LogP contribution >= 0.6 is 34.8 Å². The predicted molar refractivity (Wildman–Crippen MR) is 168 cm³/mol. The monoisotopic (exact) mass is 733 g/mol. The molecule has 0 saturated carbocycles. The molecule has 16 heteroatoms. The van der Waals surface area contributed by atoms with Gasteiger partial charge in [-0.3, -0.25) is 9.59 Å². The minimum absolute atomic E-state index is 0.00135. The van der Waals surface area contributed by atoms with Gasteiger partial charge in [0.1, 0.15) is 12.1 Å². The Kier molecular flexibility index (Phi) is 14.1. The maximum atomic E-state index is 12.7. The van der Waals surface area contributed by atoms with Crippen molar-refractivity contribution < 1.29 is 37.8 Å². The van der Waals surface area contributed by atoms with Gasteiger partial charge in [-0.2, -0.15) is 0 Å². The molecule has 2 aromatic rings. The van der Waals surface area contributed by atoms with Gasteiger partial charge in [-0.15, -0.1) is 0 Å². The number of amides is 3. The average molecular weight is 734 g/mol. The number of halogens is 1. The van der Waals surface area contributed by atoms with Crippen LogP contribution in [-0.2, 0) is 30.8 Å². The fourth-order valence-electron chi connectivity index (χ4n) is 3.66. The van der Waals surface area contributed by atoms with Crippen molar-refractivity contribution in [3.05, 3.63) is 57.7 Å². The number of carbonyl (C=O) groups excluding carboxylic acids is 2. The third kappa shape index (κ3) is 13.1. The lowest BCUT2D eigenvalue weighted by Gasteiger charge is -2.20. The van der Waals surface area contributed by atoms with E-state index in [1.165, 1.54) is 12.1 Å². The molecule has 0 heterocycles. The molecular formula is C26H32IN5O8S2. The number of benzene rings is 2. The molecule has 0 aromatic heterocycles. The molecule has 2 atom stereocenters. The average Bonchev–Trinajstić information content (AvgIpc) is 2.91. The summed E-state index contributed by atoms with van der Waals surface area (Å²) in [5.41, 5.74) is 1.24. The van der Waals surface area contributed by atoms with E-state index in [1.54, 1.807) is 36.4 Å². The zero-order valence-electron chi connectivity index (χ0n) is 22.3. The quantitative estimate of drug-likeness (QED) is 0.0758. The van der Waals surface area contributed by atoms with E-state index < -0.39 is 46.0 Å². The third-order valence-electron chi connectivity index (χ3n) is 5.84. The Morgan fingerprint density at radius 2 is 1.52 bits per heavy atom. The number of carbonyl (C=O) groups is 4. The van der Waals surface area contributed by atoms with E-state index in [0.29, 0.717) is 36.5 Å². The van der Waals surface area contributed by atoms with Crippen molar-refractivity contribution in [1.82, 2.24) is 16.0 Å². The lowest BCUT2D eigenvalue weighted by molar-refractivity contribution is -0.139. The molecular weight excluding hydrogens is 701 g/mol. The van der Waals surface area contributed by atoms with Crippen LogP contribution in [0.25, 0.3) is 0 Å². The van der Waals surface area contributed by atoms with Gasteiger partial charge in [0.15, 0.2) is 0 Å². The number of carboxylic acids is 2. The zero-order chi connectivity index (χ0) is 31.3. The van der Waals surface area contributed by atoms with Gasteiger partial charge in [-0.05, 0) is 90.2 Å². The summed E-state index contributed by atoms with van der Waals surface area (Å²) in [6, 6.07) is 9.49. The van der Waals surface area contributed by atoms with Gasteiger partial charge >= 0.3 is 18.0 Å². The number of unbranched alkanes of at least 4 members (excludes halogenated alkanes) is 1. The number of hydrogen-bond acceptors (Lipinski definition) is 7. The van der Waals surface area contributed by atoms with E-state index in [-0.39, 0.29) is 24.2 Å².